The zero-order valence-electron chi connectivity index (χ0n) is 11.4. The van der Waals surface area contributed by atoms with Crippen LogP contribution < -0.4 is 0 Å². The molecule has 2 atom stereocenters. The molecule has 2 unspecified atom stereocenters. The molecule has 0 aliphatic heterocycles. The molecule has 0 fully saturated rings. The summed E-state index contributed by atoms with van der Waals surface area (Å²) >= 11 is 0. The number of aryl methyl sites for hydroxylation is 2. The molecule has 0 aromatic heterocycles. The minimum absolute atomic E-state index is 0.225. The quantitative estimate of drug-likeness (QED) is 0.822. The predicted octanol–water partition coefficient (Wildman–Crippen LogP) is 3.02. The van der Waals surface area contributed by atoms with Gasteiger partial charge in [0.15, 0.2) is 0 Å². The maximum absolute atomic E-state index is 10.0. The molecule has 96 valence electrons. The maximum Gasteiger partial charge on any atom is 0.0581 e. The molecular formula is C15H24O2. The van der Waals surface area contributed by atoms with Crippen molar-refractivity contribution < 1.29 is 9.84 Å². The van der Waals surface area contributed by atoms with E-state index in [0.717, 1.165) is 19.3 Å². The summed E-state index contributed by atoms with van der Waals surface area (Å²) in [7, 11) is 1.71. The van der Waals surface area contributed by atoms with Gasteiger partial charge in [-0.2, -0.15) is 0 Å². The van der Waals surface area contributed by atoms with Crippen molar-refractivity contribution in [1.82, 2.24) is 0 Å². The maximum atomic E-state index is 10.0. The Bertz CT molecular complexity index is 327. The lowest BCUT2D eigenvalue weighted by Gasteiger charge is -2.16. The van der Waals surface area contributed by atoms with E-state index in [1.54, 1.807) is 7.11 Å². The second-order valence-corrected chi connectivity index (χ2v) is 4.85. The second kappa shape index (κ2) is 6.77. The summed E-state index contributed by atoms with van der Waals surface area (Å²) in [4.78, 5) is 0. The number of rotatable bonds is 6. The fraction of sp³-hybridized carbons (Fsp3) is 0.600. The van der Waals surface area contributed by atoms with Crippen molar-refractivity contribution in [3.05, 3.63) is 34.9 Å². The monoisotopic (exact) mass is 236 g/mol. The van der Waals surface area contributed by atoms with Gasteiger partial charge in [0.05, 0.1) is 12.2 Å². The Balaban J connectivity index is 2.53. The summed E-state index contributed by atoms with van der Waals surface area (Å²) in [6, 6.07) is 6.27. The standard InChI is InChI=1S/C15H24O2/c1-11-6-5-7-12(2)15(11)10-14(16)9-8-13(3)17-4/h5-7,13-14,16H,8-10H2,1-4H3. The van der Waals surface area contributed by atoms with E-state index in [9.17, 15) is 5.11 Å². The molecule has 0 saturated heterocycles. The van der Waals surface area contributed by atoms with Gasteiger partial charge in [-0.15, -0.1) is 0 Å². The summed E-state index contributed by atoms with van der Waals surface area (Å²) in [5, 5.41) is 10.0. The van der Waals surface area contributed by atoms with Crippen molar-refractivity contribution in [2.24, 2.45) is 0 Å². The Morgan fingerprint density at radius 3 is 2.29 bits per heavy atom. The van der Waals surface area contributed by atoms with Crippen LogP contribution >= 0.6 is 0 Å². The van der Waals surface area contributed by atoms with E-state index >= 15 is 0 Å². The average molecular weight is 236 g/mol. The number of aliphatic hydroxyl groups excluding tert-OH is 1. The van der Waals surface area contributed by atoms with Gasteiger partial charge in [0.2, 0.25) is 0 Å². The van der Waals surface area contributed by atoms with Crippen LogP contribution in [-0.2, 0) is 11.2 Å². The third kappa shape index (κ3) is 4.49. The highest BCUT2D eigenvalue weighted by atomic mass is 16.5. The molecule has 1 N–H and O–H groups in total. The molecule has 2 nitrogen and oxygen atoms in total. The SMILES string of the molecule is COC(C)CCC(O)Cc1c(C)cccc1C. The summed E-state index contributed by atoms with van der Waals surface area (Å²) < 4.78 is 5.19. The molecule has 0 spiro atoms. The zero-order chi connectivity index (χ0) is 12.8. The topological polar surface area (TPSA) is 29.5 Å². The third-order valence-corrected chi connectivity index (χ3v) is 3.39. The molecule has 0 heterocycles. The number of hydrogen-bond donors (Lipinski definition) is 1. The van der Waals surface area contributed by atoms with Gasteiger partial charge < -0.3 is 9.84 Å². The van der Waals surface area contributed by atoms with Crippen LogP contribution in [0.2, 0.25) is 0 Å². The first-order valence-electron chi connectivity index (χ1n) is 6.30. The van der Waals surface area contributed by atoms with Crippen molar-refractivity contribution in [3.8, 4) is 0 Å². The van der Waals surface area contributed by atoms with Crippen LogP contribution in [0.3, 0.4) is 0 Å². The first kappa shape index (κ1) is 14.2. The molecule has 0 radical (unpaired) electrons. The summed E-state index contributed by atoms with van der Waals surface area (Å²) in [6.07, 6.45) is 2.40. The molecule has 0 bridgehead atoms. The Kier molecular flexibility index (Phi) is 5.66. The van der Waals surface area contributed by atoms with Crippen LogP contribution in [0.15, 0.2) is 18.2 Å². The molecule has 0 amide bonds. The van der Waals surface area contributed by atoms with Gasteiger partial charge in [-0.25, -0.2) is 0 Å². The van der Waals surface area contributed by atoms with Gasteiger partial charge in [0, 0.05) is 7.11 Å². The average Bonchev–Trinajstić information content (AvgIpc) is 2.31. The molecule has 17 heavy (non-hydrogen) atoms. The van der Waals surface area contributed by atoms with Crippen LogP contribution in [0.1, 0.15) is 36.5 Å². The highest BCUT2D eigenvalue weighted by molar-refractivity contribution is 5.33. The van der Waals surface area contributed by atoms with E-state index < -0.39 is 0 Å². The van der Waals surface area contributed by atoms with Crippen molar-refractivity contribution >= 4 is 0 Å². The van der Waals surface area contributed by atoms with E-state index in [1.165, 1.54) is 16.7 Å². The Morgan fingerprint density at radius 1 is 1.18 bits per heavy atom. The summed E-state index contributed by atoms with van der Waals surface area (Å²) in [5.41, 5.74) is 3.82. The molecule has 0 aliphatic rings. The Labute approximate surface area is 105 Å². The number of aliphatic hydroxyl groups is 1. The smallest absolute Gasteiger partial charge is 0.0581 e. The minimum atomic E-state index is -0.271. The fourth-order valence-electron chi connectivity index (χ4n) is 2.05. The van der Waals surface area contributed by atoms with E-state index in [4.69, 9.17) is 4.74 Å². The minimum Gasteiger partial charge on any atom is -0.393 e. The lowest BCUT2D eigenvalue weighted by molar-refractivity contribution is 0.0851. The van der Waals surface area contributed by atoms with Crippen LogP contribution in [0.4, 0.5) is 0 Å². The summed E-state index contributed by atoms with van der Waals surface area (Å²) in [6.45, 7) is 6.24. The van der Waals surface area contributed by atoms with Crippen LogP contribution in [0, 0.1) is 13.8 Å². The Morgan fingerprint density at radius 2 is 1.76 bits per heavy atom. The van der Waals surface area contributed by atoms with Crippen molar-refractivity contribution in [1.29, 1.82) is 0 Å². The molecule has 1 rings (SSSR count). The molecule has 0 saturated carbocycles. The highest BCUT2D eigenvalue weighted by Gasteiger charge is 2.11. The second-order valence-electron chi connectivity index (χ2n) is 4.85. The zero-order valence-corrected chi connectivity index (χ0v) is 11.4. The van der Waals surface area contributed by atoms with Gasteiger partial charge in [0.25, 0.3) is 0 Å². The normalized spacial score (nSPS) is 14.6. The van der Waals surface area contributed by atoms with Crippen LogP contribution in [0.5, 0.6) is 0 Å². The first-order valence-corrected chi connectivity index (χ1v) is 6.30. The van der Waals surface area contributed by atoms with Crippen molar-refractivity contribution in [3.63, 3.8) is 0 Å². The molecule has 0 aliphatic carbocycles. The van der Waals surface area contributed by atoms with Gasteiger partial charge >= 0.3 is 0 Å². The van der Waals surface area contributed by atoms with Gasteiger partial charge in [-0.1, -0.05) is 18.2 Å². The number of methoxy groups -OCH3 is 1. The van der Waals surface area contributed by atoms with Crippen molar-refractivity contribution in [2.75, 3.05) is 7.11 Å². The Hall–Kier alpha value is -0.860. The third-order valence-electron chi connectivity index (χ3n) is 3.39. The van der Waals surface area contributed by atoms with E-state index in [1.807, 2.05) is 6.92 Å². The van der Waals surface area contributed by atoms with Crippen molar-refractivity contribution in [2.45, 2.75) is 52.2 Å². The molecule has 1 aromatic carbocycles. The van der Waals surface area contributed by atoms with Gasteiger partial charge in [-0.05, 0) is 56.7 Å². The summed E-state index contributed by atoms with van der Waals surface area (Å²) in [5.74, 6) is 0. The van der Waals surface area contributed by atoms with E-state index in [0.29, 0.717) is 0 Å². The number of hydrogen-bond acceptors (Lipinski definition) is 2. The van der Waals surface area contributed by atoms with E-state index in [2.05, 4.69) is 32.0 Å². The van der Waals surface area contributed by atoms with Gasteiger partial charge in [-0.3, -0.25) is 0 Å². The van der Waals surface area contributed by atoms with E-state index in [-0.39, 0.29) is 12.2 Å². The fourth-order valence-corrected chi connectivity index (χ4v) is 2.05. The molecule has 2 heteroatoms. The lowest BCUT2D eigenvalue weighted by atomic mass is 9.95. The van der Waals surface area contributed by atoms with Crippen LogP contribution in [0.25, 0.3) is 0 Å². The highest BCUT2D eigenvalue weighted by Crippen LogP contribution is 2.17. The van der Waals surface area contributed by atoms with Gasteiger partial charge in [0.1, 0.15) is 0 Å². The lowest BCUT2D eigenvalue weighted by Crippen LogP contribution is -2.16. The largest absolute Gasteiger partial charge is 0.393 e. The molecular weight excluding hydrogens is 212 g/mol. The number of benzene rings is 1. The van der Waals surface area contributed by atoms with Crippen LogP contribution in [-0.4, -0.2) is 24.4 Å². The predicted molar refractivity (Wildman–Crippen MR) is 71.3 cm³/mol. The number of ether oxygens (including phenoxy) is 1. The molecule has 1 aromatic rings. The first-order chi connectivity index (χ1) is 8.04.